The van der Waals surface area contributed by atoms with Gasteiger partial charge in [0.2, 0.25) is 0 Å². The molecule has 3 nitrogen and oxygen atoms in total. The van der Waals surface area contributed by atoms with E-state index in [0.29, 0.717) is 11.2 Å². The molecule has 0 spiro atoms. The van der Waals surface area contributed by atoms with Crippen molar-refractivity contribution in [2.24, 2.45) is 0 Å². The molecule has 0 atom stereocenters. The van der Waals surface area contributed by atoms with Crippen LogP contribution in [0, 0.1) is 0 Å². The van der Waals surface area contributed by atoms with Crippen molar-refractivity contribution < 1.29 is 9.53 Å². The van der Waals surface area contributed by atoms with Crippen LogP contribution in [0.2, 0.25) is 0 Å². The molecule has 1 aromatic carbocycles. The quantitative estimate of drug-likeness (QED) is 0.785. The van der Waals surface area contributed by atoms with E-state index < -0.39 is 0 Å². The number of rotatable bonds is 7. The summed E-state index contributed by atoms with van der Waals surface area (Å²) in [7, 11) is 1.44. The van der Waals surface area contributed by atoms with Gasteiger partial charge in [-0.2, -0.15) is 11.8 Å². The molecule has 1 N–H and O–H groups in total. The fraction of sp³-hybridized carbons (Fsp3) is 0.588. The van der Waals surface area contributed by atoms with E-state index in [2.05, 4.69) is 17.6 Å². The van der Waals surface area contributed by atoms with Crippen LogP contribution in [0.1, 0.15) is 36.8 Å². The van der Waals surface area contributed by atoms with Crippen LogP contribution in [0.3, 0.4) is 0 Å². The number of thioether (sulfide) groups is 1. The molecule has 1 fully saturated rings. The van der Waals surface area contributed by atoms with Crippen LogP contribution in [0.15, 0.2) is 24.3 Å². The molecular formula is C17H25NO2S. The number of carbonyl (C=O) groups excluding carboxylic acids is 1. The molecule has 1 aliphatic carbocycles. The summed E-state index contributed by atoms with van der Waals surface area (Å²) in [6, 6.07) is 8.10. The van der Waals surface area contributed by atoms with Gasteiger partial charge in [0.25, 0.3) is 0 Å². The van der Waals surface area contributed by atoms with Crippen LogP contribution >= 0.6 is 11.8 Å². The van der Waals surface area contributed by atoms with E-state index in [0.717, 1.165) is 18.7 Å². The Morgan fingerprint density at radius 2 is 1.95 bits per heavy atom. The topological polar surface area (TPSA) is 38.3 Å². The van der Waals surface area contributed by atoms with Gasteiger partial charge >= 0.3 is 5.97 Å². The van der Waals surface area contributed by atoms with Gasteiger partial charge in [0.15, 0.2) is 0 Å². The fourth-order valence-electron chi connectivity index (χ4n) is 3.03. The van der Waals surface area contributed by atoms with Gasteiger partial charge in [-0.1, -0.05) is 37.1 Å². The summed E-state index contributed by atoms with van der Waals surface area (Å²) in [5.74, 6) is -0.182. The first-order valence-corrected chi connectivity index (χ1v) is 8.81. The molecule has 0 aliphatic heterocycles. The zero-order valence-electron chi connectivity index (χ0n) is 13.0. The van der Waals surface area contributed by atoms with E-state index in [-0.39, 0.29) is 5.97 Å². The van der Waals surface area contributed by atoms with Crippen LogP contribution in [0.5, 0.6) is 0 Å². The van der Waals surface area contributed by atoms with Crippen molar-refractivity contribution >= 4 is 17.7 Å². The van der Waals surface area contributed by atoms with Crippen LogP contribution < -0.4 is 5.32 Å². The molecule has 0 bridgehead atoms. The van der Waals surface area contributed by atoms with Crippen molar-refractivity contribution in [1.82, 2.24) is 5.32 Å². The lowest BCUT2D eigenvalue weighted by atomic mass is 10.0. The highest BCUT2D eigenvalue weighted by Gasteiger charge is 2.32. The second-order valence-electron chi connectivity index (χ2n) is 5.72. The summed E-state index contributed by atoms with van der Waals surface area (Å²) in [4.78, 5) is 11.5. The van der Waals surface area contributed by atoms with E-state index in [1.54, 1.807) is 0 Å². The van der Waals surface area contributed by atoms with Crippen LogP contribution in [0.25, 0.3) is 0 Å². The Hall–Kier alpha value is -1.00. The van der Waals surface area contributed by atoms with Crippen molar-refractivity contribution in [1.29, 1.82) is 0 Å². The zero-order valence-corrected chi connectivity index (χ0v) is 13.8. The minimum atomic E-state index is -0.182. The average molecular weight is 307 g/mol. The van der Waals surface area contributed by atoms with Gasteiger partial charge in [0.1, 0.15) is 0 Å². The number of methoxy groups -OCH3 is 1. The highest BCUT2D eigenvalue weighted by Crippen LogP contribution is 2.39. The smallest absolute Gasteiger partial charge is 0.309 e. The second-order valence-corrected chi connectivity index (χ2v) is 6.99. The average Bonchev–Trinajstić information content (AvgIpc) is 2.98. The molecule has 0 heterocycles. The molecular weight excluding hydrogens is 282 g/mol. The first-order chi connectivity index (χ1) is 10.2. The second kappa shape index (κ2) is 7.85. The Morgan fingerprint density at radius 3 is 2.57 bits per heavy atom. The van der Waals surface area contributed by atoms with Crippen molar-refractivity contribution in [2.45, 2.75) is 43.4 Å². The Bertz CT molecular complexity index is 470. The molecule has 1 saturated carbocycles. The number of benzene rings is 1. The molecule has 1 aliphatic rings. The minimum Gasteiger partial charge on any atom is -0.469 e. The van der Waals surface area contributed by atoms with Gasteiger partial charge in [-0.05, 0) is 30.2 Å². The summed E-state index contributed by atoms with van der Waals surface area (Å²) in [6.07, 6.45) is 7.89. The fourth-order valence-corrected chi connectivity index (χ4v) is 3.97. The van der Waals surface area contributed by atoms with E-state index in [1.807, 2.05) is 30.0 Å². The van der Waals surface area contributed by atoms with Crippen molar-refractivity contribution in [3.05, 3.63) is 35.4 Å². The van der Waals surface area contributed by atoms with Crippen molar-refractivity contribution in [3.8, 4) is 0 Å². The van der Waals surface area contributed by atoms with Gasteiger partial charge < -0.3 is 10.1 Å². The lowest BCUT2D eigenvalue weighted by Crippen LogP contribution is -2.34. The van der Waals surface area contributed by atoms with Crippen molar-refractivity contribution in [3.63, 3.8) is 0 Å². The number of hydrogen-bond acceptors (Lipinski definition) is 4. The third-order valence-electron chi connectivity index (χ3n) is 4.39. The molecule has 116 valence electrons. The summed E-state index contributed by atoms with van der Waals surface area (Å²) in [5.41, 5.74) is 2.25. The van der Waals surface area contributed by atoms with Crippen LogP contribution in [-0.2, 0) is 22.5 Å². The number of nitrogens with one attached hydrogen (secondary N) is 1. The van der Waals surface area contributed by atoms with Gasteiger partial charge in [0.05, 0.1) is 13.5 Å². The zero-order chi connectivity index (χ0) is 15.1. The van der Waals surface area contributed by atoms with E-state index in [4.69, 9.17) is 4.74 Å². The third-order valence-corrected chi connectivity index (χ3v) is 5.81. The predicted octanol–water partition coefficient (Wildman–Crippen LogP) is 3.17. The molecule has 0 unspecified atom stereocenters. The Balaban J connectivity index is 1.92. The highest BCUT2D eigenvalue weighted by atomic mass is 32.2. The standard InChI is InChI=1S/C17H25NO2S/c1-20-16(19)11-14-7-3-4-8-15(14)12-18-13-17(21-2)9-5-6-10-17/h3-4,7-8,18H,5-6,9-13H2,1-2H3. The largest absolute Gasteiger partial charge is 0.469 e. The lowest BCUT2D eigenvalue weighted by Gasteiger charge is -2.27. The maximum Gasteiger partial charge on any atom is 0.309 e. The molecule has 4 heteroatoms. The molecule has 21 heavy (non-hydrogen) atoms. The van der Waals surface area contributed by atoms with Gasteiger partial charge in [-0.15, -0.1) is 0 Å². The lowest BCUT2D eigenvalue weighted by molar-refractivity contribution is -0.139. The highest BCUT2D eigenvalue weighted by molar-refractivity contribution is 8.00. The Kier molecular flexibility index (Phi) is 6.12. The van der Waals surface area contributed by atoms with E-state index in [9.17, 15) is 4.79 Å². The van der Waals surface area contributed by atoms with Gasteiger partial charge in [0, 0.05) is 17.8 Å². The summed E-state index contributed by atoms with van der Waals surface area (Å²) in [6.45, 7) is 1.86. The number of hydrogen-bond donors (Lipinski definition) is 1. The number of carbonyl (C=O) groups is 1. The molecule has 0 aromatic heterocycles. The summed E-state index contributed by atoms with van der Waals surface area (Å²) < 4.78 is 5.18. The summed E-state index contributed by atoms with van der Waals surface area (Å²) in [5, 5.41) is 3.59. The number of esters is 1. The predicted molar refractivity (Wildman–Crippen MR) is 88.6 cm³/mol. The maximum atomic E-state index is 11.5. The molecule has 0 saturated heterocycles. The first-order valence-electron chi connectivity index (χ1n) is 7.58. The maximum absolute atomic E-state index is 11.5. The molecule has 0 radical (unpaired) electrons. The monoisotopic (exact) mass is 307 g/mol. The van der Waals surface area contributed by atoms with E-state index >= 15 is 0 Å². The Labute approximate surface area is 131 Å². The SMILES string of the molecule is COC(=O)Cc1ccccc1CNCC1(SC)CCCC1. The van der Waals surface area contributed by atoms with Gasteiger partial charge in [-0.3, -0.25) is 4.79 Å². The molecule has 2 rings (SSSR count). The third kappa shape index (κ3) is 4.48. The molecule has 0 amide bonds. The minimum absolute atomic E-state index is 0.182. The Morgan fingerprint density at radius 1 is 1.29 bits per heavy atom. The first kappa shape index (κ1) is 16.4. The van der Waals surface area contributed by atoms with Crippen LogP contribution in [0.4, 0.5) is 0 Å². The van der Waals surface area contributed by atoms with Crippen LogP contribution in [-0.4, -0.2) is 30.6 Å². The normalized spacial score (nSPS) is 16.9. The van der Waals surface area contributed by atoms with Crippen molar-refractivity contribution in [2.75, 3.05) is 19.9 Å². The summed E-state index contributed by atoms with van der Waals surface area (Å²) >= 11 is 2.00. The number of ether oxygens (including phenoxy) is 1. The van der Waals surface area contributed by atoms with Gasteiger partial charge in [-0.25, -0.2) is 0 Å². The van der Waals surface area contributed by atoms with E-state index in [1.165, 1.54) is 38.4 Å². The molecule has 1 aromatic rings.